The molecule has 2 rings (SSSR count). The van der Waals surface area contributed by atoms with Crippen molar-refractivity contribution in [2.45, 2.75) is 26.7 Å². The van der Waals surface area contributed by atoms with Crippen LogP contribution in [0.1, 0.15) is 35.1 Å². The van der Waals surface area contributed by atoms with Crippen LogP contribution in [0.3, 0.4) is 0 Å². The van der Waals surface area contributed by atoms with Crippen molar-refractivity contribution in [1.29, 1.82) is 0 Å². The number of nitrogens with zero attached hydrogens (tertiary/aromatic N) is 1. The number of aromatic nitrogens is 1. The van der Waals surface area contributed by atoms with Crippen LogP contribution in [-0.4, -0.2) is 28.9 Å². The van der Waals surface area contributed by atoms with Gasteiger partial charge >= 0.3 is 4.87 Å². The number of aryl methyl sites for hydroxylation is 1. The predicted octanol–water partition coefficient (Wildman–Crippen LogP) is 1.62. The molecule has 1 aromatic rings. The number of likely N-dealkylation sites (tertiary alicyclic amines) is 1. The minimum Gasteiger partial charge on any atom is -0.338 e. The van der Waals surface area contributed by atoms with E-state index >= 15 is 0 Å². The summed E-state index contributed by atoms with van der Waals surface area (Å²) < 4.78 is 0. The fourth-order valence-electron chi connectivity index (χ4n) is 2.13. The Labute approximate surface area is 98.3 Å². The summed E-state index contributed by atoms with van der Waals surface area (Å²) in [4.78, 5) is 28.2. The van der Waals surface area contributed by atoms with Gasteiger partial charge in [-0.15, -0.1) is 0 Å². The Hall–Kier alpha value is -1.10. The van der Waals surface area contributed by atoms with E-state index in [1.54, 1.807) is 6.92 Å². The lowest BCUT2D eigenvalue weighted by Crippen LogP contribution is -2.39. The van der Waals surface area contributed by atoms with Gasteiger partial charge in [-0.25, -0.2) is 0 Å². The van der Waals surface area contributed by atoms with Crippen LogP contribution < -0.4 is 4.87 Å². The van der Waals surface area contributed by atoms with Crippen molar-refractivity contribution >= 4 is 17.2 Å². The van der Waals surface area contributed by atoms with Gasteiger partial charge in [0.05, 0.1) is 0 Å². The van der Waals surface area contributed by atoms with Crippen molar-refractivity contribution in [2.24, 2.45) is 5.92 Å². The van der Waals surface area contributed by atoms with Crippen molar-refractivity contribution in [2.75, 3.05) is 13.1 Å². The van der Waals surface area contributed by atoms with Crippen molar-refractivity contribution in [3.63, 3.8) is 0 Å². The van der Waals surface area contributed by atoms with Crippen molar-refractivity contribution in [1.82, 2.24) is 9.88 Å². The molecule has 1 saturated heterocycles. The third-order valence-electron chi connectivity index (χ3n) is 2.96. The normalized spacial score (nSPS) is 21.1. The third-order valence-corrected chi connectivity index (χ3v) is 3.94. The van der Waals surface area contributed by atoms with Crippen LogP contribution >= 0.6 is 11.3 Å². The lowest BCUT2D eigenvalue weighted by molar-refractivity contribution is 0.0687. The van der Waals surface area contributed by atoms with Gasteiger partial charge in [0.2, 0.25) is 0 Å². The zero-order chi connectivity index (χ0) is 11.7. The Morgan fingerprint density at radius 1 is 1.56 bits per heavy atom. The summed E-state index contributed by atoms with van der Waals surface area (Å²) in [5.41, 5.74) is 0.693. The van der Waals surface area contributed by atoms with E-state index < -0.39 is 0 Å². The number of H-pyrrole nitrogens is 1. The number of piperidine rings is 1. The van der Waals surface area contributed by atoms with Gasteiger partial charge < -0.3 is 9.88 Å². The molecule has 88 valence electrons. The molecule has 0 saturated carbocycles. The van der Waals surface area contributed by atoms with Crippen LogP contribution in [0.4, 0.5) is 0 Å². The standard InChI is InChI=1S/C11H16N2O2S/c1-7-4-3-5-13(6-7)10(14)9-8(2)12-11(15)16-9/h7H,3-6H2,1-2H3,(H,12,15). The Balaban J connectivity index is 2.18. The summed E-state index contributed by atoms with van der Waals surface area (Å²) in [5.74, 6) is 0.570. The molecule has 1 fully saturated rings. The molecule has 2 heterocycles. The molecule has 0 bridgehead atoms. The minimum absolute atomic E-state index is 0.00685. The molecule has 16 heavy (non-hydrogen) atoms. The summed E-state index contributed by atoms with van der Waals surface area (Å²) in [6.07, 6.45) is 2.25. The molecule has 1 aromatic heterocycles. The van der Waals surface area contributed by atoms with Gasteiger partial charge in [-0.3, -0.25) is 9.59 Å². The molecule has 1 aliphatic heterocycles. The number of aromatic amines is 1. The maximum Gasteiger partial charge on any atom is 0.305 e. The molecular weight excluding hydrogens is 224 g/mol. The fourth-order valence-corrected chi connectivity index (χ4v) is 2.94. The van der Waals surface area contributed by atoms with Crippen molar-refractivity contribution < 1.29 is 4.79 Å². The molecule has 1 atom stereocenters. The maximum atomic E-state index is 12.2. The summed E-state index contributed by atoms with van der Waals surface area (Å²) in [5, 5.41) is 0. The zero-order valence-corrected chi connectivity index (χ0v) is 10.4. The Morgan fingerprint density at radius 2 is 2.31 bits per heavy atom. The number of hydrogen-bond acceptors (Lipinski definition) is 3. The molecule has 0 aromatic carbocycles. The number of rotatable bonds is 1. The molecule has 1 aliphatic rings. The van der Waals surface area contributed by atoms with E-state index in [9.17, 15) is 9.59 Å². The number of carbonyl (C=O) groups is 1. The average Bonchev–Trinajstić information content (AvgIpc) is 2.57. The zero-order valence-electron chi connectivity index (χ0n) is 9.58. The van der Waals surface area contributed by atoms with Gasteiger partial charge in [0, 0.05) is 18.8 Å². The predicted molar refractivity (Wildman–Crippen MR) is 64.0 cm³/mol. The van der Waals surface area contributed by atoms with E-state index in [-0.39, 0.29) is 10.8 Å². The van der Waals surface area contributed by atoms with Gasteiger partial charge in [-0.2, -0.15) is 0 Å². The van der Waals surface area contributed by atoms with E-state index in [1.807, 2.05) is 4.90 Å². The smallest absolute Gasteiger partial charge is 0.305 e. The second kappa shape index (κ2) is 4.41. The van der Waals surface area contributed by atoms with Crippen LogP contribution in [0.2, 0.25) is 0 Å². The number of thiazole rings is 1. The van der Waals surface area contributed by atoms with E-state index in [0.29, 0.717) is 16.5 Å². The summed E-state index contributed by atoms with van der Waals surface area (Å²) >= 11 is 1.02. The van der Waals surface area contributed by atoms with Crippen molar-refractivity contribution in [3.05, 3.63) is 20.2 Å². The minimum atomic E-state index is -0.147. The summed E-state index contributed by atoms with van der Waals surface area (Å²) in [6.45, 7) is 5.56. The van der Waals surface area contributed by atoms with Gasteiger partial charge in [0.25, 0.3) is 5.91 Å². The highest BCUT2D eigenvalue weighted by atomic mass is 32.1. The first-order valence-electron chi connectivity index (χ1n) is 5.57. The number of carbonyl (C=O) groups excluding carboxylic acids is 1. The highest BCUT2D eigenvalue weighted by Crippen LogP contribution is 2.19. The van der Waals surface area contributed by atoms with Crippen molar-refractivity contribution in [3.8, 4) is 0 Å². The highest BCUT2D eigenvalue weighted by molar-refractivity contribution is 7.11. The quantitative estimate of drug-likeness (QED) is 0.811. The van der Waals surface area contributed by atoms with Crippen LogP contribution in [0.15, 0.2) is 4.79 Å². The lowest BCUT2D eigenvalue weighted by atomic mass is 10.0. The van der Waals surface area contributed by atoms with E-state index in [4.69, 9.17) is 0 Å². The van der Waals surface area contributed by atoms with Gasteiger partial charge in [0.1, 0.15) is 4.88 Å². The molecule has 1 N–H and O–H groups in total. The summed E-state index contributed by atoms with van der Waals surface area (Å²) in [7, 11) is 0. The Morgan fingerprint density at radius 3 is 2.88 bits per heavy atom. The molecule has 4 nitrogen and oxygen atoms in total. The SMILES string of the molecule is Cc1[nH]c(=O)sc1C(=O)N1CCCC(C)C1. The molecule has 1 unspecified atom stereocenters. The van der Waals surface area contributed by atoms with Crippen LogP contribution in [0.25, 0.3) is 0 Å². The van der Waals surface area contributed by atoms with E-state index in [0.717, 1.165) is 30.8 Å². The third kappa shape index (κ3) is 2.19. The fraction of sp³-hybridized carbons (Fsp3) is 0.636. The number of amides is 1. The molecule has 5 heteroatoms. The first-order chi connectivity index (χ1) is 7.58. The van der Waals surface area contributed by atoms with Crippen LogP contribution in [0.5, 0.6) is 0 Å². The monoisotopic (exact) mass is 240 g/mol. The number of hydrogen-bond donors (Lipinski definition) is 1. The number of nitrogens with one attached hydrogen (secondary N) is 1. The Kier molecular flexibility index (Phi) is 3.14. The van der Waals surface area contributed by atoms with Crippen LogP contribution in [-0.2, 0) is 0 Å². The molecule has 1 amide bonds. The topological polar surface area (TPSA) is 53.2 Å². The largest absolute Gasteiger partial charge is 0.338 e. The highest BCUT2D eigenvalue weighted by Gasteiger charge is 2.24. The Bertz CT molecular complexity index is 449. The maximum absolute atomic E-state index is 12.2. The molecule has 0 spiro atoms. The lowest BCUT2D eigenvalue weighted by Gasteiger charge is -2.30. The first kappa shape index (κ1) is 11.4. The second-order valence-corrected chi connectivity index (χ2v) is 5.45. The summed E-state index contributed by atoms with van der Waals surface area (Å²) in [6, 6.07) is 0. The molecule has 0 aliphatic carbocycles. The molecule has 0 radical (unpaired) electrons. The average molecular weight is 240 g/mol. The van der Waals surface area contributed by atoms with Gasteiger partial charge in [-0.1, -0.05) is 18.3 Å². The van der Waals surface area contributed by atoms with Gasteiger partial charge in [-0.05, 0) is 25.7 Å². The second-order valence-electron chi connectivity index (χ2n) is 4.47. The molecular formula is C11H16N2O2S. The van der Waals surface area contributed by atoms with Crippen LogP contribution in [0, 0.1) is 12.8 Å². The van der Waals surface area contributed by atoms with E-state index in [1.165, 1.54) is 6.42 Å². The van der Waals surface area contributed by atoms with Gasteiger partial charge in [0.15, 0.2) is 0 Å². The van der Waals surface area contributed by atoms with E-state index in [2.05, 4.69) is 11.9 Å². The first-order valence-corrected chi connectivity index (χ1v) is 6.38.